The lowest BCUT2D eigenvalue weighted by molar-refractivity contribution is -0.137. The summed E-state index contributed by atoms with van der Waals surface area (Å²) in [6.07, 6.45) is -3.10. The first-order valence-electron chi connectivity index (χ1n) is 6.14. The molecule has 1 aliphatic rings. The fourth-order valence-corrected chi connectivity index (χ4v) is 5.16. The van der Waals surface area contributed by atoms with Crippen LogP contribution in [0.25, 0.3) is 0 Å². The second kappa shape index (κ2) is 7.59. The quantitative estimate of drug-likeness (QED) is 0.285. The van der Waals surface area contributed by atoms with Crippen LogP contribution >= 0.6 is 69.9 Å². The Hall–Kier alpha value is 0.0700. The number of alkyl halides is 6. The fourth-order valence-electron chi connectivity index (χ4n) is 2.04. The zero-order valence-corrected chi connectivity index (χ0v) is 16.6. The van der Waals surface area contributed by atoms with Crippen LogP contribution in [0.5, 0.6) is 0 Å². The average molecular weight is 480 g/mol. The van der Waals surface area contributed by atoms with Gasteiger partial charge in [-0.15, -0.1) is 11.8 Å². The molecule has 2 nitrogen and oxygen atoms in total. The van der Waals surface area contributed by atoms with Gasteiger partial charge in [-0.2, -0.15) is 22.0 Å². The maximum absolute atomic E-state index is 12.9. The summed E-state index contributed by atoms with van der Waals surface area (Å²) in [6.45, 7) is 0. The van der Waals surface area contributed by atoms with Crippen molar-refractivity contribution in [2.75, 3.05) is 11.2 Å². The summed E-state index contributed by atoms with van der Waals surface area (Å²) in [5.74, 6) is -2.91. The third-order valence-electron chi connectivity index (χ3n) is 2.95. The lowest BCUT2D eigenvalue weighted by Crippen LogP contribution is -2.45. The van der Waals surface area contributed by atoms with E-state index in [1.165, 1.54) is 0 Å². The van der Waals surface area contributed by atoms with E-state index in [-0.39, 0.29) is 27.6 Å². The number of halogens is 9. The normalized spacial score (nSPS) is 21.3. The summed E-state index contributed by atoms with van der Waals surface area (Å²) in [5, 5.41) is 1.74. The smallest absolute Gasteiger partial charge is 0.329 e. The van der Waals surface area contributed by atoms with E-state index in [1.54, 1.807) is 6.26 Å². The number of hydrogen-bond donors (Lipinski definition) is 1. The summed E-state index contributed by atoms with van der Waals surface area (Å²) < 4.78 is 62.5. The first-order chi connectivity index (χ1) is 11.4. The fraction of sp³-hybridized carbons (Fsp3) is 0.333. The van der Waals surface area contributed by atoms with Crippen molar-refractivity contribution in [3.63, 3.8) is 0 Å². The SMILES string of the molecule is CSC1=C(Cl)NC(Cl)(SC(F)F)N1c1c(Cl)cc(C(F)(F)F)cc1Cl. The molecule has 1 atom stereocenters. The van der Waals surface area contributed by atoms with E-state index < -0.39 is 32.0 Å². The minimum atomic E-state index is -4.68. The molecule has 2 rings (SSSR count). The van der Waals surface area contributed by atoms with Crippen molar-refractivity contribution >= 4 is 75.6 Å². The number of benzene rings is 1. The molecular formula is C12H7Cl4F5N2S2. The first-order valence-corrected chi connectivity index (χ1v) is 9.75. The Bertz CT molecular complexity index is 692. The highest BCUT2D eigenvalue weighted by Gasteiger charge is 2.49. The molecule has 0 aliphatic carbocycles. The molecule has 0 bridgehead atoms. The van der Waals surface area contributed by atoms with Gasteiger partial charge in [0, 0.05) is 0 Å². The van der Waals surface area contributed by atoms with Crippen LogP contribution in [0.4, 0.5) is 27.6 Å². The number of rotatable bonds is 4. The van der Waals surface area contributed by atoms with E-state index in [0.29, 0.717) is 12.1 Å². The standard InChI is InChI=1S/C12H7Cl4F5N2S2/c1-24-9-8(15)22-12(16,25-10(17)18)23(9)7-5(13)2-4(3-6(7)14)11(19,20)21/h2-3,10,22H,1H3. The molecule has 1 aliphatic heterocycles. The van der Waals surface area contributed by atoms with Crippen LogP contribution in [-0.4, -0.2) is 16.5 Å². The van der Waals surface area contributed by atoms with E-state index in [1.807, 2.05) is 0 Å². The van der Waals surface area contributed by atoms with Crippen LogP contribution < -0.4 is 10.2 Å². The van der Waals surface area contributed by atoms with Crippen molar-refractivity contribution in [1.29, 1.82) is 0 Å². The molecule has 0 amide bonds. The molecule has 1 N–H and O–H groups in total. The van der Waals surface area contributed by atoms with Crippen LogP contribution in [0, 0.1) is 0 Å². The Labute approximate surface area is 168 Å². The molecular weight excluding hydrogens is 473 g/mol. The van der Waals surface area contributed by atoms with Crippen molar-refractivity contribution < 1.29 is 22.0 Å². The number of thioether (sulfide) groups is 2. The van der Waals surface area contributed by atoms with Gasteiger partial charge in [0.15, 0.2) is 0 Å². The van der Waals surface area contributed by atoms with Gasteiger partial charge in [-0.3, -0.25) is 4.90 Å². The van der Waals surface area contributed by atoms with Gasteiger partial charge in [0.25, 0.3) is 5.76 Å². The summed E-state index contributed by atoms with van der Waals surface area (Å²) in [5.41, 5.74) is -1.26. The van der Waals surface area contributed by atoms with Crippen LogP contribution in [0.15, 0.2) is 22.3 Å². The third kappa shape index (κ3) is 4.32. The maximum Gasteiger partial charge on any atom is 0.416 e. The largest absolute Gasteiger partial charge is 0.416 e. The van der Waals surface area contributed by atoms with Crippen LogP contribution in [0.1, 0.15) is 5.56 Å². The second-order valence-electron chi connectivity index (χ2n) is 4.51. The van der Waals surface area contributed by atoms with Crippen LogP contribution in [0.2, 0.25) is 10.0 Å². The molecule has 0 saturated carbocycles. The summed E-state index contributed by atoms with van der Waals surface area (Å²) in [7, 11) is 0. The van der Waals surface area contributed by atoms with E-state index in [9.17, 15) is 22.0 Å². The van der Waals surface area contributed by atoms with Crippen LogP contribution in [-0.2, 0) is 6.18 Å². The minimum Gasteiger partial charge on any atom is -0.329 e. The second-order valence-corrected chi connectivity index (χ2v) is 8.45. The topological polar surface area (TPSA) is 15.3 Å². The molecule has 13 heteroatoms. The Balaban J connectivity index is 2.63. The van der Waals surface area contributed by atoms with Gasteiger partial charge in [0.05, 0.1) is 21.3 Å². The molecule has 0 spiro atoms. The molecule has 1 unspecified atom stereocenters. The predicted molar refractivity (Wildman–Crippen MR) is 95.7 cm³/mol. The lowest BCUT2D eigenvalue weighted by atomic mass is 10.2. The summed E-state index contributed by atoms with van der Waals surface area (Å²) >= 11 is 25.2. The maximum atomic E-state index is 12.9. The van der Waals surface area contributed by atoms with E-state index >= 15 is 0 Å². The van der Waals surface area contributed by atoms with E-state index in [2.05, 4.69) is 5.32 Å². The minimum absolute atomic E-state index is 0.0147. The molecule has 0 aromatic heterocycles. The lowest BCUT2D eigenvalue weighted by Gasteiger charge is -2.35. The van der Waals surface area contributed by atoms with Crippen molar-refractivity contribution in [3.8, 4) is 0 Å². The van der Waals surface area contributed by atoms with Crippen molar-refractivity contribution in [2.24, 2.45) is 0 Å². The van der Waals surface area contributed by atoms with Gasteiger partial charge in [0.2, 0.25) is 4.45 Å². The Morgan fingerprint density at radius 3 is 2.08 bits per heavy atom. The first kappa shape index (κ1) is 21.4. The van der Waals surface area contributed by atoms with Crippen molar-refractivity contribution in [1.82, 2.24) is 5.32 Å². The summed E-state index contributed by atoms with van der Waals surface area (Å²) in [6, 6.07) is 1.27. The van der Waals surface area contributed by atoms with E-state index in [4.69, 9.17) is 46.4 Å². The number of anilines is 1. The van der Waals surface area contributed by atoms with Crippen molar-refractivity contribution in [3.05, 3.63) is 37.9 Å². The highest BCUT2D eigenvalue weighted by atomic mass is 35.5. The zero-order chi connectivity index (χ0) is 19.2. The Kier molecular flexibility index (Phi) is 6.49. The van der Waals surface area contributed by atoms with Gasteiger partial charge < -0.3 is 5.32 Å². The van der Waals surface area contributed by atoms with Gasteiger partial charge in [-0.25, -0.2) is 0 Å². The summed E-state index contributed by atoms with van der Waals surface area (Å²) in [4.78, 5) is 1.04. The molecule has 25 heavy (non-hydrogen) atoms. The van der Waals surface area contributed by atoms with Crippen LogP contribution in [0.3, 0.4) is 0 Å². The number of hydrogen-bond acceptors (Lipinski definition) is 4. The van der Waals surface area contributed by atoms with E-state index in [0.717, 1.165) is 16.7 Å². The Morgan fingerprint density at radius 2 is 1.68 bits per heavy atom. The molecule has 1 heterocycles. The molecule has 0 fully saturated rings. The highest BCUT2D eigenvalue weighted by molar-refractivity contribution is 8.03. The molecule has 1 aromatic carbocycles. The molecule has 140 valence electrons. The molecule has 1 aromatic rings. The Morgan fingerprint density at radius 1 is 1.16 bits per heavy atom. The molecule has 0 radical (unpaired) electrons. The predicted octanol–water partition coefficient (Wildman–Crippen LogP) is 6.96. The average Bonchev–Trinajstić information content (AvgIpc) is 2.66. The number of nitrogens with zero attached hydrogens (tertiary/aromatic N) is 1. The number of nitrogens with one attached hydrogen (secondary N) is 1. The van der Waals surface area contributed by atoms with Gasteiger partial charge in [-0.1, -0.05) is 46.4 Å². The third-order valence-corrected chi connectivity index (χ3v) is 5.99. The van der Waals surface area contributed by atoms with Gasteiger partial charge >= 0.3 is 6.18 Å². The van der Waals surface area contributed by atoms with Crippen molar-refractivity contribution in [2.45, 2.75) is 16.4 Å². The monoisotopic (exact) mass is 478 g/mol. The van der Waals surface area contributed by atoms with Gasteiger partial charge in [0.1, 0.15) is 10.2 Å². The van der Waals surface area contributed by atoms with Gasteiger partial charge in [-0.05, 0) is 30.2 Å². The zero-order valence-electron chi connectivity index (χ0n) is 11.9. The molecule has 0 saturated heterocycles. The highest BCUT2D eigenvalue weighted by Crippen LogP contribution is 2.53.